The molecule has 0 saturated carbocycles. The molecule has 0 atom stereocenters. The van der Waals surface area contributed by atoms with Gasteiger partial charge >= 0.3 is 0 Å². The third-order valence-corrected chi connectivity index (χ3v) is 2.19. The average Bonchev–Trinajstić information content (AvgIpc) is 2.31. The van der Waals surface area contributed by atoms with Crippen molar-refractivity contribution in [2.24, 2.45) is 0 Å². The van der Waals surface area contributed by atoms with Crippen LogP contribution in [0.2, 0.25) is 0 Å². The molecule has 0 unspecified atom stereocenters. The molecule has 0 radical (unpaired) electrons. The highest BCUT2D eigenvalue weighted by Gasteiger charge is 2.04. The van der Waals surface area contributed by atoms with Gasteiger partial charge in [-0.05, 0) is 31.9 Å². The van der Waals surface area contributed by atoms with Gasteiger partial charge in [-0.25, -0.2) is 15.0 Å². The molecule has 56 valence electrons. The van der Waals surface area contributed by atoms with E-state index < -0.39 is 0 Å². The molecule has 0 aromatic carbocycles. The first-order chi connectivity index (χ1) is 5.27. The maximum atomic E-state index is 4.05. The highest BCUT2D eigenvalue weighted by Crippen LogP contribution is 2.18. The minimum atomic E-state index is 0.652. The summed E-state index contributed by atoms with van der Waals surface area (Å²) < 4.78 is 1.38. The lowest BCUT2D eigenvalue weighted by Gasteiger charge is -1.87. The zero-order chi connectivity index (χ0) is 7.84. The van der Waals surface area contributed by atoms with Gasteiger partial charge in [-0.3, -0.25) is 0 Å². The molecule has 11 heavy (non-hydrogen) atoms. The summed E-state index contributed by atoms with van der Waals surface area (Å²) in [5.74, 6) is 0. The summed E-state index contributed by atoms with van der Waals surface area (Å²) in [4.78, 5) is 14.9. The second-order valence-electron chi connectivity index (χ2n) is 1.89. The van der Waals surface area contributed by atoms with Gasteiger partial charge in [0.15, 0.2) is 10.4 Å². The lowest BCUT2D eigenvalue weighted by Crippen LogP contribution is -1.80. The first kappa shape index (κ1) is 7.17. The Morgan fingerprint density at radius 2 is 2.09 bits per heavy atom. The summed E-state index contributed by atoms with van der Waals surface area (Å²) in [6.45, 7) is 0. The largest absolute Gasteiger partial charge is 0.329 e. The lowest BCUT2D eigenvalue weighted by molar-refractivity contribution is 1.17. The second-order valence-corrected chi connectivity index (χ2v) is 3.39. The van der Waals surface area contributed by atoms with Crippen LogP contribution in [-0.4, -0.2) is 19.9 Å². The number of nitrogens with one attached hydrogen (secondary N) is 1. The van der Waals surface area contributed by atoms with E-state index in [4.69, 9.17) is 0 Å². The van der Waals surface area contributed by atoms with Crippen LogP contribution in [-0.2, 0) is 0 Å². The fraction of sp³-hybridized carbons (Fsp3) is 0. The number of H-pyrrole nitrogens is 1. The van der Waals surface area contributed by atoms with Crippen molar-refractivity contribution in [3.63, 3.8) is 0 Å². The summed E-state index contributed by atoms with van der Waals surface area (Å²) in [6, 6.07) is 0. The van der Waals surface area contributed by atoms with Crippen LogP contribution in [0.25, 0.3) is 11.2 Å². The topological polar surface area (TPSA) is 54.5 Å². The molecule has 2 rings (SSSR count). The van der Waals surface area contributed by atoms with Crippen molar-refractivity contribution in [2.75, 3.05) is 0 Å². The number of hydrogen-bond acceptors (Lipinski definition) is 3. The molecule has 2 aromatic rings. The molecular formula is C5H2Br2N4. The predicted molar refractivity (Wildman–Crippen MR) is 47.1 cm³/mol. The van der Waals surface area contributed by atoms with Crippen LogP contribution in [0.15, 0.2) is 15.7 Å². The lowest BCUT2D eigenvalue weighted by atomic mass is 10.6. The monoisotopic (exact) mass is 276 g/mol. The summed E-state index contributed by atoms with van der Waals surface area (Å²) in [5, 5.41) is 0. The smallest absolute Gasteiger partial charge is 0.182 e. The number of halogens is 2. The van der Waals surface area contributed by atoms with E-state index in [1.807, 2.05) is 0 Å². The maximum Gasteiger partial charge on any atom is 0.182 e. The molecule has 0 amide bonds. The van der Waals surface area contributed by atoms with Crippen LogP contribution in [0.4, 0.5) is 0 Å². The van der Waals surface area contributed by atoms with E-state index in [0.717, 1.165) is 10.1 Å². The third kappa shape index (κ3) is 1.16. The van der Waals surface area contributed by atoms with Gasteiger partial charge < -0.3 is 4.98 Å². The van der Waals surface area contributed by atoms with Gasteiger partial charge in [0.1, 0.15) is 16.4 Å². The van der Waals surface area contributed by atoms with E-state index in [9.17, 15) is 0 Å². The van der Waals surface area contributed by atoms with Gasteiger partial charge in [0.2, 0.25) is 0 Å². The molecule has 0 aliphatic heterocycles. The number of aromatic amines is 1. The number of rotatable bonds is 0. The van der Waals surface area contributed by atoms with Gasteiger partial charge in [0.05, 0.1) is 0 Å². The normalized spacial score (nSPS) is 10.7. The van der Waals surface area contributed by atoms with Crippen LogP contribution in [0, 0.1) is 0 Å². The molecule has 6 heteroatoms. The number of imidazole rings is 1. The Kier molecular flexibility index (Phi) is 1.65. The van der Waals surface area contributed by atoms with E-state index >= 15 is 0 Å². The summed E-state index contributed by atoms with van der Waals surface area (Å²) in [5.41, 5.74) is 1.46. The quantitative estimate of drug-likeness (QED) is 0.591. The Bertz CT molecular complexity index is 396. The SMILES string of the molecule is Brc1nc2ncnc(Br)c2[nH]1. The summed E-state index contributed by atoms with van der Waals surface area (Å²) in [7, 11) is 0. The molecule has 0 aliphatic rings. The Morgan fingerprint density at radius 1 is 1.27 bits per heavy atom. The zero-order valence-electron chi connectivity index (χ0n) is 5.17. The Morgan fingerprint density at radius 3 is 2.82 bits per heavy atom. The third-order valence-electron chi connectivity index (χ3n) is 1.21. The standard InChI is InChI=1S/C5H2Br2N4/c6-3-2-4(9-1-8-3)11-5(7)10-2/h1H,(H,8,9,10,11). The Labute approximate surface area is 78.7 Å². The molecule has 4 nitrogen and oxygen atoms in total. The van der Waals surface area contributed by atoms with Crippen LogP contribution in [0.5, 0.6) is 0 Å². The summed E-state index contributed by atoms with van der Waals surface area (Å²) in [6.07, 6.45) is 1.46. The minimum absolute atomic E-state index is 0.652. The van der Waals surface area contributed by atoms with Crippen LogP contribution < -0.4 is 0 Å². The van der Waals surface area contributed by atoms with E-state index in [2.05, 4.69) is 51.8 Å². The van der Waals surface area contributed by atoms with Crippen molar-refractivity contribution < 1.29 is 0 Å². The van der Waals surface area contributed by atoms with Crippen molar-refractivity contribution in [1.29, 1.82) is 0 Å². The number of nitrogens with zero attached hydrogens (tertiary/aromatic N) is 3. The van der Waals surface area contributed by atoms with Gasteiger partial charge in [0.25, 0.3) is 0 Å². The van der Waals surface area contributed by atoms with E-state index in [1.165, 1.54) is 6.33 Å². The molecule has 0 fully saturated rings. The van der Waals surface area contributed by atoms with Crippen molar-refractivity contribution >= 4 is 43.0 Å². The molecule has 0 aliphatic carbocycles. The van der Waals surface area contributed by atoms with Crippen molar-refractivity contribution in [3.8, 4) is 0 Å². The van der Waals surface area contributed by atoms with Crippen LogP contribution >= 0.6 is 31.9 Å². The minimum Gasteiger partial charge on any atom is -0.329 e. The number of hydrogen-bond donors (Lipinski definition) is 1. The molecule has 0 spiro atoms. The van der Waals surface area contributed by atoms with E-state index in [0.29, 0.717) is 10.4 Å². The van der Waals surface area contributed by atoms with Crippen molar-refractivity contribution in [1.82, 2.24) is 19.9 Å². The first-order valence-corrected chi connectivity index (χ1v) is 4.37. The van der Waals surface area contributed by atoms with Gasteiger partial charge in [0, 0.05) is 0 Å². The van der Waals surface area contributed by atoms with Gasteiger partial charge in [-0.15, -0.1) is 0 Å². The average molecular weight is 278 g/mol. The maximum absolute atomic E-state index is 4.05. The van der Waals surface area contributed by atoms with E-state index in [1.54, 1.807) is 0 Å². The second kappa shape index (κ2) is 2.53. The zero-order valence-corrected chi connectivity index (χ0v) is 8.35. The van der Waals surface area contributed by atoms with Gasteiger partial charge in [-0.2, -0.15) is 0 Å². The molecule has 2 aromatic heterocycles. The highest BCUT2D eigenvalue weighted by molar-refractivity contribution is 9.10. The number of fused-ring (bicyclic) bond motifs is 1. The molecular weight excluding hydrogens is 276 g/mol. The van der Waals surface area contributed by atoms with Crippen molar-refractivity contribution in [3.05, 3.63) is 15.7 Å². The molecule has 1 N–H and O–H groups in total. The Balaban J connectivity index is 2.90. The van der Waals surface area contributed by atoms with Crippen LogP contribution in [0.3, 0.4) is 0 Å². The van der Waals surface area contributed by atoms with Crippen molar-refractivity contribution in [2.45, 2.75) is 0 Å². The molecule has 2 heterocycles. The number of aromatic nitrogens is 4. The fourth-order valence-electron chi connectivity index (χ4n) is 0.772. The first-order valence-electron chi connectivity index (χ1n) is 2.79. The predicted octanol–water partition coefficient (Wildman–Crippen LogP) is 1.88. The molecule has 0 saturated heterocycles. The molecule has 0 bridgehead atoms. The Hall–Kier alpha value is -0.490. The van der Waals surface area contributed by atoms with Gasteiger partial charge in [-0.1, -0.05) is 0 Å². The van der Waals surface area contributed by atoms with E-state index in [-0.39, 0.29) is 0 Å². The summed E-state index contributed by atoms with van der Waals surface area (Å²) >= 11 is 6.47. The van der Waals surface area contributed by atoms with Crippen LogP contribution in [0.1, 0.15) is 0 Å². The highest BCUT2D eigenvalue weighted by atomic mass is 79.9. The fourth-order valence-corrected chi connectivity index (χ4v) is 1.51.